The van der Waals surface area contributed by atoms with Crippen LogP contribution in [-0.2, 0) is 9.53 Å². The molecule has 1 aromatic rings. The lowest BCUT2D eigenvalue weighted by atomic mass is 10.1. The zero-order chi connectivity index (χ0) is 12.5. The summed E-state index contributed by atoms with van der Waals surface area (Å²) in [6.45, 7) is 0. The van der Waals surface area contributed by atoms with Gasteiger partial charge >= 0.3 is 5.97 Å². The molecule has 1 atom stereocenters. The first-order valence-electron chi connectivity index (χ1n) is 4.02. The predicted molar refractivity (Wildman–Crippen MR) is 52.7 cm³/mol. The summed E-state index contributed by atoms with van der Waals surface area (Å²) < 4.78 is 30.3. The molecule has 0 aliphatic carbocycles. The smallest absolute Gasteiger partial charge is 0.339 e. The number of halogens is 3. The highest BCUT2D eigenvalue weighted by molar-refractivity contribution is 9.10. The number of esters is 1. The molecule has 88 valence electrons. The summed E-state index contributed by atoms with van der Waals surface area (Å²) in [6.07, 6.45) is -1.95. The second kappa shape index (κ2) is 4.75. The number of hydrogen-bond acceptors (Lipinski definition) is 4. The van der Waals surface area contributed by atoms with Gasteiger partial charge in [-0.15, -0.1) is 0 Å². The molecular weight excluding hydrogens is 290 g/mol. The number of phenolic OH excluding ortho intramolecular Hbond substituents is 1. The number of benzene rings is 1. The van der Waals surface area contributed by atoms with Gasteiger partial charge in [-0.25, -0.2) is 9.18 Å². The van der Waals surface area contributed by atoms with Crippen LogP contribution in [0.5, 0.6) is 5.75 Å². The number of aromatic hydroxyl groups is 1. The fourth-order valence-electron chi connectivity index (χ4n) is 1.04. The fraction of sp³-hybridized carbons (Fsp3) is 0.222. The summed E-state index contributed by atoms with van der Waals surface area (Å²) in [5.74, 6) is -5.11. The van der Waals surface area contributed by atoms with Gasteiger partial charge in [0.2, 0.25) is 5.82 Å². The van der Waals surface area contributed by atoms with Crippen LogP contribution in [0.4, 0.5) is 8.78 Å². The Morgan fingerprint density at radius 2 is 2.06 bits per heavy atom. The molecule has 1 aromatic carbocycles. The van der Waals surface area contributed by atoms with Crippen molar-refractivity contribution in [3.8, 4) is 5.75 Å². The van der Waals surface area contributed by atoms with E-state index >= 15 is 0 Å². The highest BCUT2D eigenvalue weighted by atomic mass is 79.9. The molecule has 0 amide bonds. The van der Waals surface area contributed by atoms with Crippen molar-refractivity contribution in [1.82, 2.24) is 0 Å². The van der Waals surface area contributed by atoms with Crippen molar-refractivity contribution in [2.45, 2.75) is 6.10 Å². The van der Waals surface area contributed by atoms with Gasteiger partial charge in [0.15, 0.2) is 17.7 Å². The Hall–Kier alpha value is -1.21. The van der Waals surface area contributed by atoms with Gasteiger partial charge < -0.3 is 14.9 Å². The number of rotatable bonds is 2. The van der Waals surface area contributed by atoms with Crippen LogP contribution >= 0.6 is 15.9 Å². The van der Waals surface area contributed by atoms with Gasteiger partial charge in [0.05, 0.1) is 11.6 Å². The molecule has 16 heavy (non-hydrogen) atoms. The molecule has 1 rings (SSSR count). The van der Waals surface area contributed by atoms with Crippen molar-refractivity contribution in [2.75, 3.05) is 7.11 Å². The Balaban J connectivity index is 3.30. The number of phenols is 1. The maximum absolute atomic E-state index is 13.3. The largest absolute Gasteiger partial charge is 0.504 e. The molecule has 1 unspecified atom stereocenters. The second-order valence-corrected chi connectivity index (χ2v) is 3.70. The number of aliphatic hydroxyl groups excluding tert-OH is 1. The number of aliphatic hydroxyl groups is 1. The third kappa shape index (κ3) is 2.14. The number of carbonyl (C=O) groups excluding carboxylic acids is 1. The first-order valence-corrected chi connectivity index (χ1v) is 4.81. The van der Waals surface area contributed by atoms with Gasteiger partial charge in [0, 0.05) is 5.56 Å². The lowest BCUT2D eigenvalue weighted by Crippen LogP contribution is -2.15. The minimum Gasteiger partial charge on any atom is -0.504 e. The van der Waals surface area contributed by atoms with Crippen LogP contribution in [0.1, 0.15) is 11.7 Å². The van der Waals surface area contributed by atoms with Crippen molar-refractivity contribution >= 4 is 21.9 Å². The predicted octanol–water partition coefficient (Wildman–Crippen LogP) is 1.64. The maximum atomic E-state index is 13.3. The SMILES string of the molecule is COC(=O)C(O)c1cc(Br)c(O)c(F)c1F. The lowest BCUT2D eigenvalue weighted by Gasteiger charge is -2.11. The minimum absolute atomic E-state index is 0.177. The quantitative estimate of drug-likeness (QED) is 0.643. The highest BCUT2D eigenvalue weighted by Crippen LogP contribution is 2.33. The van der Waals surface area contributed by atoms with E-state index in [0.29, 0.717) is 0 Å². The molecule has 7 heteroatoms. The summed E-state index contributed by atoms with van der Waals surface area (Å²) in [5.41, 5.74) is -0.617. The van der Waals surface area contributed by atoms with E-state index in [1.165, 1.54) is 0 Å². The van der Waals surface area contributed by atoms with E-state index in [4.69, 9.17) is 5.11 Å². The molecule has 0 saturated heterocycles. The molecule has 0 aliphatic rings. The second-order valence-electron chi connectivity index (χ2n) is 2.85. The van der Waals surface area contributed by atoms with Crippen molar-refractivity contribution in [2.24, 2.45) is 0 Å². The molecule has 4 nitrogen and oxygen atoms in total. The van der Waals surface area contributed by atoms with Crippen LogP contribution < -0.4 is 0 Å². The normalized spacial score (nSPS) is 12.3. The number of carbonyl (C=O) groups is 1. The van der Waals surface area contributed by atoms with Gasteiger partial charge in [0.1, 0.15) is 0 Å². The lowest BCUT2D eigenvalue weighted by molar-refractivity contribution is -0.150. The van der Waals surface area contributed by atoms with E-state index in [1.807, 2.05) is 0 Å². The van der Waals surface area contributed by atoms with Gasteiger partial charge in [-0.2, -0.15) is 4.39 Å². The summed E-state index contributed by atoms with van der Waals surface area (Å²) >= 11 is 2.75. The van der Waals surface area contributed by atoms with Crippen LogP contribution in [0, 0.1) is 11.6 Å². The standard InChI is InChI=1S/C9H7BrF2O4/c1-16-9(15)7(13)3-2-4(10)8(14)6(12)5(3)11/h2,7,13-14H,1H3. The van der Waals surface area contributed by atoms with Gasteiger partial charge in [-0.05, 0) is 22.0 Å². The summed E-state index contributed by atoms with van der Waals surface area (Å²) in [7, 11) is 0.995. The highest BCUT2D eigenvalue weighted by Gasteiger charge is 2.26. The van der Waals surface area contributed by atoms with E-state index in [0.717, 1.165) is 13.2 Å². The van der Waals surface area contributed by atoms with Crippen LogP contribution in [0.15, 0.2) is 10.5 Å². The van der Waals surface area contributed by atoms with Crippen molar-refractivity contribution in [3.05, 3.63) is 27.7 Å². The Morgan fingerprint density at radius 1 is 1.50 bits per heavy atom. The molecule has 0 aliphatic heterocycles. The average molecular weight is 297 g/mol. The van der Waals surface area contributed by atoms with Crippen molar-refractivity contribution in [3.63, 3.8) is 0 Å². The molecule has 0 heterocycles. The summed E-state index contributed by atoms with van der Waals surface area (Å²) in [6, 6.07) is 0.898. The third-order valence-corrected chi connectivity index (χ3v) is 2.49. The van der Waals surface area contributed by atoms with E-state index < -0.39 is 35.0 Å². The summed E-state index contributed by atoms with van der Waals surface area (Å²) in [5, 5.41) is 18.4. The monoisotopic (exact) mass is 296 g/mol. The molecule has 0 aromatic heterocycles. The average Bonchev–Trinajstić information content (AvgIpc) is 2.29. The molecule has 0 radical (unpaired) electrons. The Labute approximate surface area is 97.6 Å². The van der Waals surface area contributed by atoms with Crippen molar-refractivity contribution < 1.29 is 28.5 Å². The van der Waals surface area contributed by atoms with Gasteiger partial charge in [-0.3, -0.25) is 0 Å². The Morgan fingerprint density at radius 3 is 2.56 bits per heavy atom. The maximum Gasteiger partial charge on any atom is 0.339 e. The summed E-state index contributed by atoms with van der Waals surface area (Å²) in [4.78, 5) is 10.9. The first kappa shape index (κ1) is 12.9. The van der Waals surface area contributed by atoms with Gasteiger partial charge in [0.25, 0.3) is 0 Å². The van der Waals surface area contributed by atoms with E-state index in [9.17, 15) is 18.7 Å². The van der Waals surface area contributed by atoms with Crippen LogP contribution in [0.25, 0.3) is 0 Å². The van der Waals surface area contributed by atoms with Gasteiger partial charge in [-0.1, -0.05) is 0 Å². The van der Waals surface area contributed by atoms with Crippen LogP contribution in [-0.4, -0.2) is 23.3 Å². The molecule has 2 N–H and O–H groups in total. The zero-order valence-electron chi connectivity index (χ0n) is 8.00. The van der Waals surface area contributed by atoms with Crippen molar-refractivity contribution in [1.29, 1.82) is 0 Å². The Kier molecular flexibility index (Phi) is 3.82. The number of ether oxygens (including phenoxy) is 1. The van der Waals surface area contributed by atoms with E-state index in [2.05, 4.69) is 20.7 Å². The number of methoxy groups -OCH3 is 1. The number of hydrogen-bond donors (Lipinski definition) is 2. The van der Waals surface area contributed by atoms with E-state index in [-0.39, 0.29) is 4.47 Å². The fourth-order valence-corrected chi connectivity index (χ4v) is 1.46. The third-order valence-electron chi connectivity index (χ3n) is 1.88. The molecule has 0 saturated carbocycles. The first-order chi connectivity index (χ1) is 7.40. The van der Waals surface area contributed by atoms with E-state index in [1.54, 1.807) is 0 Å². The topological polar surface area (TPSA) is 66.8 Å². The Bertz CT molecular complexity index is 436. The zero-order valence-corrected chi connectivity index (χ0v) is 9.59. The minimum atomic E-state index is -1.95. The molecule has 0 spiro atoms. The van der Waals surface area contributed by atoms with Crippen LogP contribution in [0.2, 0.25) is 0 Å². The molecule has 0 bridgehead atoms. The molecule has 0 fully saturated rings. The van der Waals surface area contributed by atoms with Crippen LogP contribution in [0.3, 0.4) is 0 Å². The molecular formula is C9H7BrF2O4.